The average molecular weight is 357 g/mol. The van der Waals surface area contributed by atoms with Gasteiger partial charge in [-0.05, 0) is 42.7 Å². The van der Waals surface area contributed by atoms with Gasteiger partial charge in [-0.3, -0.25) is 14.6 Å². The quantitative estimate of drug-likeness (QED) is 0.829. The van der Waals surface area contributed by atoms with Gasteiger partial charge in [0.1, 0.15) is 11.5 Å². The molecule has 1 saturated heterocycles. The minimum absolute atomic E-state index is 0.0549. The molecular weight excluding hydrogens is 337 g/mol. The number of pyridine rings is 1. The van der Waals surface area contributed by atoms with Crippen molar-refractivity contribution in [3.8, 4) is 0 Å². The van der Waals surface area contributed by atoms with Crippen LogP contribution in [0.25, 0.3) is 0 Å². The van der Waals surface area contributed by atoms with Crippen LogP contribution in [-0.2, 0) is 11.3 Å². The molecule has 136 valence electrons. The molecule has 1 fully saturated rings. The molecular formula is C19H20FN3O3. The van der Waals surface area contributed by atoms with Gasteiger partial charge >= 0.3 is 0 Å². The molecule has 2 heterocycles. The first-order chi connectivity index (χ1) is 12.6. The zero-order valence-corrected chi connectivity index (χ0v) is 14.2. The summed E-state index contributed by atoms with van der Waals surface area (Å²) in [6.45, 7) is 1.43. The summed E-state index contributed by atoms with van der Waals surface area (Å²) in [6.07, 6.45) is 3.43. The Labute approximate surface area is 150 Å². The van der Waals surface area contributed by atoms with Gasteiger partial charge in [0.05, 0.1) is 6.10 Å². The topological polar surface area (TPSA) is 80.3 Å². The van der Waals surface area contributed by atoms with Crippen LogP contribution in [0.15, 0.2) is 42.6 Å². The van der Waals surface area contributed by atoms with E-state index in [2.05, 4.69) is 15.6 Å². The molecule has 0 bridgehead atoms. The number of amides is 2. The van der Waals surface area contributed by atoms with Gasteiger partial charge in [-0.1, -0.05) is 12.1 Å². The van der Waals surface area contributed by atoms with Crippen LogP contribution in [0.3, 0.4) is 0 Å². The number of carbonyl (C=O) groups excluding carboxylic acids is 2. The molecule has 7 heteroatoms. The molecule has 1 unspecified atom stereocenters. The van der Waals surface area contributed by atoms with Crippen LogP contribution >= 0.6 is 0 Å². The smallest absolute Gasteiger partial charge is 0.270 e. The number of ether oxygens (including phenoxy) is 1. The summed E-state index contributed by atoms with van der Waals surface area (Å²) in [6, 6.07) is 8.86. The van der Waals surface area contributed by atoms with Crippen molar-refractivity contribution in [1.82, 2.24) is 15.6 Å². The average Bonchev–Trinajstić information content (AvgIpc) is 3.19. The van der Waals surface area contributed by atoms with E-state index in [4.69, 9.17) is 4.74 Å². The normalized spacial score (nSPS) is 16.3. The summed E-state index contributed by atoms with van der Waals surface area (Å²) in [4.78, 5) is 28.5. The van der Waals surface area contributed by atoms with Crippen LogP contribution < -0.4 is 10.6 Å². The highest BCUT2D eigenvalue weighted by molar-refractivity contribution is 5.98. The van der Waals surface area contributed by atoms with Gasteiger partial charge in [0, 0.05) is 31.5 Å². The number of hydrogen-bond acceptors (Lipinski definition) is 4. The number of nitrogens with one attached hydrogen (secondary N) is 2. The van der Waals surface area contributed by atoms with E-state index in [1.165, 1.54) is 24.4 Å². The van der Waals surface area contributed by atoms with Crippen molar-refractivity contribution in [2.24, 2.45) is 0 Å². The molecule has 0 spiro atoms. The zero-order valence-electron chi connectivity index (χ0n) is 14.2. The maximum Gasteiger partial charge on any atom is 0.270 e. The minimum atomic E-state index is -0.400. The van der Waals surface area contributed by atoms with Gasteiger partial charge < -0.3 is 15.4 Å². The molecule has 0 saturated carbocycles. The summed E-state index contributed by atoms with van der Waals surface area (Å²) in [5.74, 6) is -0.998. The SMILES string of the molecule is O=C(NCC1CCCO1)c1ccnc(C(=O)NCc2ccc(F)cc2)c1. The predicted molar refractivity (Wildman–Crippen MR) is 93.1 cm³/mol. The van der Waals surface area contributed by atoms with E-state index in [1.807, 2.05) is 0 Å². The predicted octanol–water partition coefficient (Wildman–Crippen LogP) is 2.06. The van der Waals surface area contributed by atoms with E-state index < -0.39 is 5.91 Å². The third-order valence-electron chi connectivity index (χ3n) is 4.14. The lowest BCUT2D eigenvalue weighted by Crippen LogP contribution is -2.32. The number of hydrogen-bond donors (Lipinski definition) is 2. The first-order valence-corrected chi connectivity index (χ1v) is 8.50. The van der Waals surface area contributed by atoms with E-state index in [1.54, 1.807) is 18.2 Å². The number of benzene rings is 1. The highest BCUT2D eigenvalue weighted by atomic mass is 19.1. The van der Waals surface area contributed by atoms with Gasteiger partial charge in [-0.2, -0.15) is 0 Å². The lowest BCUT2D eigenvalue weighted by Gasteiger charge is -2.11. The monoisotopic (exact) mass is 357 g/mol. The Kier molecular flexibility index (Phi) is 5.91. The van der Waals surface area contributed by atoms with Gasteiger partial charge in [0.2, 0.25) is 0 Å². The van der Waals surface area contributed by atoms with Crippen LogP contribution in [0.2, 0.25) is 0 Å². The van der Waals surface area contributed by atoms with Crippen molar-refractivity contribution in [1.29, 1.82) is 0 Å². The summed E-state index contributed by atoms with van der Waals surface area (Å²) < 4.78 is 18.4. The molecule has 6 nitrogen and oxygen atoms in total. The maximum absolute atomic E-state index is 12.9. The molecule has 1 aromatic carbocycles. The molecule has 1 aliphatic heterocycles. The summed E-state index contributed by atoms with van der Waals surface area (Å²) in [5, 5.41) is 5.51. The fraction of sp³-hybridized carbons (Fsp3) is 0.316. The molecule has 2 amide bonds. The Bertz CT molecular complexity index is 774. The molecule has 1 aliphatic rings. The second-order valence-electron chi connectivity index (χ2n) is 6.08. The van der Waals surface area contributed by atoms with Gasteiger partial charge in [0.15, 0.2) is 0 Å². The second-order valence-corrected chi connectivity index (χ2v) is 6.08. The first-order valence-electron chi connectivity index (χ1n) is 8.50. The first kappa shape index (κ1) is 18.0. The van der Waals surface area contributed by atoms with E-state index in [0.29, 0.717) is 12.1 Å². The van der Waals surface area contributed by atoms with Gasteiger partial charge in [-0.15, -0.1) is 0 Å². The number of halogens is 1. The Morgan fingerprint density at radius 2 is 1.96 bits per heavy atom. The standard InChI is InChI=1S/C19H20FN3O3/c20-15-5-3-13(4-6-15)11-22-19(25)17-10-14(7-8-21-17)18(24)23-12-16-2-1-9-26-16/h3-8,10,16H,1-2,9,11-12H2,(H,22,25)(H,23,24). The number of nitrogens with zero attached hydrogens (tertiary/aromatic N) is 1. The van der Waals surface area contributed by atoms with Crippen molar-refractivity contribution >= 4 is 11.8 Å². The van der Waals surface area contributed by atoms with Crippen molar-refractivity contribution < 1.29 is 18.7 Å². The highest BCUT2D eigenvalue weighted by Crippen LogP contribution is 2.11. The molecule has 2 N–H and O–H groups in total. The van der Waals surface area contributed by atoms with Gasteiger partial charge in [-0.25, -0.2) is 4.39 Å². The van der Waals surface area contributed by atoms with Crippen LogP contribution in [0, 0.1) is 5.82 Å². The molecule has 1 atom stereocenters. The number of rotatable bonds is 6. The van der Waals surface area contributed by atoms with Crippen molar-refractivity contribution in [3.63, 3.8) is 0 Å². The van der Waals surface area contributed by atoms with E-state index in [0.717, 1.165) is 25.0 Å². The largest absolute Gasteiger partial charge is 0.376 e. The molecule has 0 radical (unpaired) electrons. The number of carbonyl (C=O) groups is 2. The zero-order chi connectivity index (χ0) is 18.4. The fourth-order valence-electron chi connectivity index (χ4n) is 2.69. The van der Waals surface area contributed by atoms with Crippen molar-refractivity contribution in [2.45, 2.75) is 25.5 Å². The van der Waals surface area contributed by atoms with Gasteiger partial charge in [0.25, 0.3) is 11.8 Å². The van der Waals surface area contributed by atoms with E-state index >= 15 is 0 Å². The summed E-state index contributed by atoms with van der Waals surface area (Å²) in [5.41, 5.74) is 1.28. The molecule has 2 aromatic rings. The van der Waals surface area contributed by atoms with Crippen LogP contribution in [0.5, 0.6) is 0 Å². The second kappa shape index (κ2) is 8.53. The molecule has 3 rings (SSSR count). The van der Waals surface area contributed by atoms with Crippen LogP contribution in [0.4, 0.5) is 4.39 Å². The number of aromatic nitrogens is 1. The minimum Gasteiger partial charge on any atom is -0.376 e. The fourth-order valence-corrected chi connectivity index (χ4v) is 2.69. The summed E-state index contributed by atoms with van der Waals surface area (Å²) >= 11 is 0. The molecule has 26 heavy (non-hydrogen) atoms. The third kappa shape index (κ3) is 4.86. The Morgan fingerprint density at radius 3 is 2.69 bits per heavy atom. The molecule has 1 aromatic heterocycles. The van der Waals surface area contributed by atoms with Crippen molar-refractivity contribution in [2.75, 3.05) is 13.2 Å². The lowest BCUT2D eigenvalue weighted by molar-refractivity contribution is 0.0857. The van der Waals surface area contributed by atoms with Crippen LogP contribution in [-0.4, -0.2) is 36.1 Å². The lowest BCUT2D eigenvalue weighted by atomic mass is 10.2. The van der Waals surface area contributed by atoms with E-state index in [-0.39, 0.29) is 30.1 Å². The molecule has 0 aliphatic carbocycles. The van der Waals surface area contributed by atoms with Crippen molar-refractivity contribution in [3.05, 3.63) is 65.2 Å². The van der Waals surface area contributed by atoms with E-state index in [9.17, 15) is 14.0 Å². The third-order valence-corrected chi connectivity index (χ3v) is 4.14. The van der Waals surface area contributed by atoms with Crippen LogP contribution in [0.1, 0.15) is 39.3 Å². The summed E-state index contributed by atoms with van der Waals surface area (Å²) in [7, 11) is 0. The highest BCUT2D eigenvalue weighted by Gasteiger charge is 2.17. The maximum atomic E-state index is 12.9. The Balaban J connectivity index is 1.55. The Hall–Kier alpha value is -2.80. The Morgan fingerprint density at radius 1 is 1.15 bits per heavy atom.